The largest absolute Gasteiger partial charge is 0.307 e. The molecule has 2 aromatic heterocycles. The Balaban J connectivity index is 1.63. The molecular weight excluding hydrogens is 354 g/mol. The van der Waals surface area contributed by atoms with Gasteiger partial charge in [-0.05, 0) is 24.6 Å². The normalized spacial score (nSPS) is 13.6. The number of aromatic nitrogens is 4. The van der Waals surface area contributed by atoms with Crippen molar-refractivity contribution in [2.24, 2.45) is 0 Å². The Kier molecular flexibility index (Phi) is 3.00. The van der Waals surface area contributed by atoms with Gasteiger partial charge in [-0.1, -0.05) is 27.3 Å². The third kappa shape index (κ3) is 2.24. The molecule has 0 unspecified atom stereocenters. The van der Waals surface area contributed by atoms with E-state index < -0.39 is 0 Å². The second kappa shape index (κ2) is 4.88. The molecule has 0 saturated heterocycles. The Morgan fingerprint density at radius 1 is 1.38 bits per heavy atom. The van der Waals surface area contributed by atoms with E-state index in [-0.39, 0.29) is 5.91 Å². The monoisotopic (exact) mass is 363 g/mol. The van der Waals surface area contributed by atoms with Gasteiger partial charge in [0.05, 0.1) is 10.2 Å². The molecule has 1 aliphatic rings. The van der Waals surface area contributed by atoms with Gasteiger partial charge in [0.2, 0.25) is 5.82 Å². The molecule has 3 aromatic rings. The number of hydrogen-bond acceptors (Lipinski definition) is 5. The zero-order chi connectivity index (χ0) is 14.4. The van der Waals surface area contributed by atoms with Crippen LogP contribution in [0.15, 0.2) is 22.7 Å². The molecular formula is C13H10BrN5OS. The highest BCUT2D eigenvalue weighted by Gasteiger charge is 2.22. The average Bonchev–Trinajstić information content (AvgIpc) is 3.10. The van der Waals surface area contributed by atoms with Crippen molar-refractivity contribution in [1.82, 2.24) is 19.7 Å². The van der Waals surface area contributed by atoms with Crippen LogP contribution in [0.1, 0.15) is 22.9 Å². The highest BCUT2D eigenvalue weighted by atomic mass is 79.9. The molecule has 106 valence electrons. The molecule has 8 heteroatoms. The van der Waals surface area contributed by atoms with E-state index in [0.717, 1.165) is 39.9 Å². The van der Waals surface area contributed by atoms with Crippen molar-refractivity contribution in [2.75, 3.05) is 5.32 Å². The first-order chi connectivity index (χ1) is 10.2. The van der Waals surface area contributed by atoms with Crippen LogP contribution in [0.4, 0.5) is 5.13 Å². The number of fused-ring (bicyclic) bond motifs is 2. The standard InChI is InChI=1S/C13H10BrN5OS/c14-7-3-4-8-9(6-7)21-13(15-8)16-12(20)11-18-17-10-2-1-5-19(10)11/h3-4,6H,1-2,5H2,(H,15,16,20). The Bertz CT molecular complexity index is 855. The summed E-state index contributed by atoms with van der Waals surface area (Å²) in [5.74, 6) is 0.991. The minimum absolute atomic E-state index is 0.256. The van der Waals surface area contributed by atoms with Crippen molar-refractivity contribution < 1.29 is 4.79 Å². The lowest BCUT2D eigenvalue weighted by atomic mass is 10.3. The summed E-state index contributed by atoms with van der Waals surface area (Å²) in [5, 5.41) is 11.4. The van der Waals surface area contributed by atoms with Crippen molar-refractivity contribution in [1.29, 1.82) is 0 Å². The summed E-state index contributed by atoms with van der Waals surface area (Å²) in [6, 6.07) is 5.83. The Morgan fingerprint density at radius 3 is 3.19 bits per heavy atom. The maximum atomic E-state index is 12.3. The maximum Gasteiger partial charge on any atom is 0.295 e. The van der Waals surface area contributed by atoms with E-state index in [1.165, 1.54) is 11.3 Å². The van der Waals surface area contributed by atoms with Crippen molar-refractivity contribution in [2.45, 2.75) is 19.4 Å². The number of carbonyl (C=O) groups excluding carboxylic acids is 1. The van der Waals surface area contributed by atoms with Gasteiger partial charge in [-0.25, -0.2) is 4.98 Å². The van der Waals surface area contributed by atoms with Crippen LogP contribution in [-0.4, -0.2) is 25.7 Å². The van der Waals surface area contributed by atoms with Gasteiger partial charge >= 0.3 is 0 Å². The quantitative estimate of drug-likeness (QED) is 0.759. The number of rotatable bonds is 2. The molecule has 6 nitrogen and oxygen atoms in total. The average molecular weight is 364 g/mol. The van der Waals surface area contributed by atoms with Crippen LogP contribution in [0.25, 0.3) is 10.2 Å². The van der Waals surface area contributed by atoms with Gasteiger partial charge in [-0.2, -0.15) is 0 Å². The number of anilines is 1. The molecule has 1 aliphatic heterocycles. The van der Waals surface area contributed by atoms with E-state index in [4.69, 9.17) is 0 Å². The molecule has 1 amide bonds. The topological polar surface area (TPSA) is 72.7 Å². The second-order valence-corrected chi connectivity index (χ2v) is 6.73. The van der Waals surface area contributed by atoms with Gasteiger partial charge in [-0.3, -0.25) is 10.1 Å². The summed E-state index contributed by atoms with van der Waals surface area (Å²) in [7, 11) is 0. The van der Waals surface area contributed by atoms with Crippen molar-refractivity contribution in [3.8, 4) is 0 Å². The van der Waals surface area contributed by atoms with E-state index in [0.29, 0.717) is 11.0 Å². The first-order valence-corrected chi connectivity index (χ1v) is 8.11. The summed E-state index contributed by atoms with van der Waals surface area (Å²) in [6.07, 6.45) is 1.90. The van der Waals surface area contributed by atoms with Crippen LogP contribution in [0.3, 0.4) is 0 Å². The Labute approximate surface area is 132 Å². The zero-order valence-electron chi connectivity index (χ0n) is 10.8. The van der Waals surface area contributed by atoms with E-state index in [1.807, 2.05) is 22.8 Å². The number of nitrogens with one attached hydrogen (secondary N) is 1. The number of hydrogen-bond donors (Lipinski definition) is 1. The van der Waals surface area contributed by atoms with Gasteiger partial charge < -0.3 is 4.57 Å². The van der Waals surface area contributed by atoms with Crippen LogP contribution in [0.5, 0.6) is 0 Å². The molecule has 0 saturated carbocycles. The summed E-state index contributed by atoms with van der Waals surface area (Å²) < 4.78 is 3.89. The van der Waals surface area contributed by atoms with E-state index in [1.54, 1.807) is 0 Å². The maximum absolute atomic E-state index is 12.3. The fraction of sp³-hybridized carbons (Fsp3) is 0.231. The summed E-state index contributed by atoms with van der Waals surface area (Å²) >= 11 is 4.87. The number of carbonyl (C=O) groups is 1. The van der Waals surface area contributed by atoms with Crippen molar-refractivity contribution in [3.05, 3.63) is 34.3 Å². The van der Waals surface area contributed by atoms with Crippen molar-refractivity contribution in [3.63, 3.8) is 0 Å². The zero-order valence-corrected chi connectivity index (χ0v) is 13.2. The molecule has 21 heavy (non-hydrogen) atoms. The highest BCUT2D eigenvalue weighted by Crippen LogP contribution is 2.28. The van der Waals surface area contributed by atoms with Gasteiger partial charge in [-0.15, -0.1) is 10.2 Å². The molecule has 1 N–H and O–H groups in total. The number of amides is 1. The van der Waals surface area contributed by atoms with Crippen LogP contribution in [0, 0.1) is 0 Å². The van der Waals surface area contributed by atoms with Gasteiger partial charge in [0.25, 0.3) is 5.91 Å². The summed E-state index contributed by atoms with van der Waals surface area (Å²) in [4.78, 5) is 16.7. The lowest BCUT2D eigenvalue weighted by Gasteiger charge is -2.01. The van der Waals surface area contributed by atoms with Gasteiger partial charge in [0.1, 0.15) is 5.82 Å². The molecule has 0 radical (unpaired) electrons. The fourth-order valence-electron chi connectivity index (χ4n) is 2.42. The molecule has 0 fully saturated rings. The Hall–Kier alpha value is -1.80. The summed E-state index contributed by atoms with van der Waals surface area (Å²) in [6.45, 7) is 0.803. The Morgan fingerprint density at radius 2 is 2.29 bits per heavy atom. The highest BCUT2D eigenvalue weighted by molar-refractivity contribution is 9.10. The number of thiazole rings is 1. The number of aryl methyl sites for hydroxylation is 1. The van der Waals surface area contributed by atoms with Crippen LogP contribution < -0.4 is 5.32 Å². The molecule has 0 bridgehead atoms. The molecule has 1 aromatic carbocycles. The second-order valence-electron chi connectivity index (χ2n) is 4.78. The van der Waals surface area contributed by atoms with E-state index in [9.17, 15) is 4.79 Å². The lowest BCUT2D eigenvalue weighted by Crippen LogP contribution is -2.17. The SMILES string of the molecule is O=C(Nc1nc2ccc(Br)cc2s1)c1nnc2n1CCC2. The first kappa shape index (κ1) is 12.9. The van der Waals surface area contributed by atoms with Crippen molar-refractivity contribution >= 4 is 48.5 Å². The molecule has 0 aliphatic carbocycles. The lowest BCUT2D eigenvalue weighted by molar-refractivity contribution is 0.101. The van der Waals surface area contributed by atoms with Crippen LogP contribution in [0.2, 0.25) is 0 Å². The molecule has 0 atom stereocenters. The summed E-state index contributed by atoms with van der Waals surface area (Å²) in [5.41, 5.74) is 0.866. The third-order valence-corrected chi connectivity index (χ3v) is 4.81. The molecule has 4 rings (SSSR count). The van der Waals surface area contributed by atoms with E-state index in [2.05, 4.69) is 36.4 Å². The number of benzene rings is 1. The molecule has 0 spiro atoms. The van der Waals surface area contributed by atoms with E-state index >= 15 is 0 Å². The smallest absolute Gasteiger partial charge is 0.295 e. The first-order valence-electron chi connectivity index (χ1n) is 6.50. The minimum Gasteiger partial charge on any atom is -0.307 e. The van der Waals surface area contributed by atoms with Crippen LogP contribution >= 0.6 is 27.3 Å². The molecule has 3 heterocycles. The number of nitrogens with zero attached hydrogens (tertiary/aromatic N) is 4. The number of halogens is 1. The minimum atomic E-state index is -0.256. The predicted octanol–water partition coefficient (Wildman–Crippen LogP) is 2.85. The van der Waals surface area contributed by atoms with Gasteiger partial charge in [0, 0.05) is 17.4 Å². The fourth-order valence-corrected chi connectivity index (χ4v) is 3.84. The van der Waals surface area contributed by atoms with Crippen LogP contribution in [-0.2, 0) is 13.0 Å². The van der Waals surface area contributed by atoms with Gasteiger partial charge in [0.15, 0.2) is 5.13 Å². The third-order valence-electron chi connectivity index (χ3n) is 3.38. The predicted molar refractivity (Wildman–Crippen MR) is 83.6 cm³/mol.